The summed E-state index contributed by atoms with van der Waals surface area (Å²) in [5.74, 6) is 1.31. The van der Waals surface area contributed by atoms with E-state index in [-0.39, 0.29) is 0 Å². The van der Waals surface area contributed by atoms with Gasteiger partial charge in [-0.2, -0.15) is 5.10 Å². The molecule has 0 bridgehead atoms. The van der Waals surface area contributed by atoms with Crippen molar-refractivity contribution in [3.63, 3.8) is 0 Å². The third kappa shape index (κ3) is 2.87. The number of aryl methyl sites for hydroxylation is 2. The number of hydrogen-bond donors (Lipinski definition) is 1. The zero-order valence-electron chi connectivity index (χ0n) is 11.0. The van der Waals surface area contributed by atoms with Crippen molar-refractivity contribution in [2.75, 3.05) is 7.05 Å². The van der Waals surface area contributed by atoms with Crippen molar-refractivity contribution in [3.05, 3.63) is 35.8 Å². The summed E-state index contributed by atoms with van der Waals surface area (Å²) >= 11 is 0. The summed E-state index contributed by atoms with van der Waals surface area (Å²) in [4.78, 5) is 4.42. The van der Waals surface area contributed by atoms with Gasteiger partial charge in [0.15, 0.2) is 5.75 Å². The van der Waals surface area contributed by atoms with Gasteiger partial charge in [-0.25, -0.2) is 4.98 Å². The topological polar surface area (TPSA) is 52.0 Å². The highest BCUT2D eigenvalue weighted by molar-refractivity contribution is 5.28. The Hall–Kier alpha value is -1.88. The van der Waals surface area contributed by atoms with Crippen molar-refractivity contribution < 1.29 is 4.74 Å². The highest BCUT2D eigenvalue weighted by atomic mass is 16.5. The lowest BCUT2D eigenvalue weighted by Crippen LogP contribution is -2.07. The second-order valence-corrected chi connectivity index (χ2v) is 4.06. The molecule has 18 heavy (non-hydrogen) atoms. The van der Waals surface area contributed by atoms with E-state index in [2.05, 4.69) is 15.4 Å². The predicted octanol–water partition coefficient (Wildman–Crippen LogP) is 2.12. The van der Waals surface area contributed by atoms with Gasteiger partial charge in [0.25, 0.3) is 0 Å². The van der Waals surface area contributed by atoms with Crippen molar-refractivity contribution in [2.24, 2.45) is 0 Å². The second kappa shape index (κ2) is 5.64. The van der Waals surface area contributed by atoms with E-state index in [1.54, 1.807) is 6.20 Å². The van der Waals surface area contributed by atoms with Crippen LogP contribution in [0.4, 0.5) is 0 Å². The van der Waals surface area contributed by atoms with Gasteiger partial charge in [0.1, 0.15) is 0 Å². The van der Waals surface area contributed by atoms with Gasteiger partial charge in [0.05, 0.1) is 12.4 Å². The van der Waals surface area contributed by atoms with Crippen LogP contribution in [0.15, 0.2) is 24.5 Å². The largest absolute Gasteiger partial charge is 0.436 e. The van der Waals surface area contributed by atoms with Crippen LogP contribution in [-0.2, 0) is 13.1 Å². The minimum atomic E-state index is 0.600. The number of hydrogen-bond acceptors (Lipinski definition) is 4. The summed E-state index contributed by atoms with van der Waals surface area (Å²) in [5.41, 5.74) is 2.15. The van der Waals surface area contributed by atoms with Crippen molar-refractivity contribution >= 4 is 0 Å². The van der Waals surface area contributed by atoms with Crippen molar-refractivity contribution in [1.82, 2.24) is 20.1 Å². The molecule has 0 amide bonds. The molecular formula is C13H18N4O. The van der Waals surface area contributed by atoms with Crippen LogP contribution in [0.3, 0.4) is 0 Å². The standard InChI is InChI=1S/C13H18N4O/c1-4-17-9-12(8-15-17)18-13-6-5-11(7-14-3)10(2)16-13/h5-6,8-9,14H,4,7H2,1-3H3. The first-order valence-electron chi connectivity index (χ1n) is 6.04. The minimum absolute atomic E-state index is 0.600. The van der Waals surface area contributed by atoms with Crippen LogP contribution >= 0.6 is 0 Å². The van der Waals surface area contributed by atoms with Crippen LogP contribution in [0.5, 0.6) is 11.6 Å². The van der Waals surface area contributed by atoms with E-state index < -0.39 is 0 Å². The average molecular weight is 246 g/mol. The molecule has 0 saturated heterocycles. The molecule has 0 aliphatic carbocycles. The molecule has 2 heterocycles. The minimum Gasteiger partial charge on any atom is -0.436 e. The molecule has 2 aromatic rings. The SMILES string of the molecule is CCn1cc(Oc2ccc(CNC)c(C)n2)cn1. The number of rotatable bonds is 5. The molecule has 0 spiro atoms. The molecule has 5 heteroatoms. The summed E-state index contributed by atoms with van der Waals surface area (Å²) in [6.07, 6.45) is 3.56. The monoisotopic (exact) mass is 246 g/mol. The molecule has 0 radical (unpaired) electrons. The molecule has 96 valence electrons. The van der Waals surface area contributed by atoms with Gasteiger partial charge in [0.2, 0.25) is 5.88 Å². The number of nitrogens with zero attached hydrogens (tertiary/aromatic N) is 3. The van der Waals surface area contributed by atoms with Gasteiger partial charge in [-0.1, -0.05) is 6.07 Å². The Morgan fingerprint density at radius 2 is 2.22 bits per heavy atom. The summed E-state index contributed by atoms with van der Waals surface area (Å²) in [7, 11) is 1.92. The molecule has 0 aromatic carbocycles. The molecule has 5 nitrogen and oxygen atoms in total. The highest BCUT2D eigenvalue weighted by Gasteiger charge is 2.04. The van der Waals surface area contributed by atoms with Gasteiger partial charge >= 0.3 is 0 Å². The summed E-state index contributed by atoms with van der Waals surface area (Å²) in [6, 6.07) is 3.90. The zero-order valence-corrected chi connectivity index (χ0v) is 11.0. The molecule has 0 aliphatic rings. The Kier molecular flexibility index (Phi) is 3.94. The first-order chi connectivity index (χ1) is 8.72. The number of ether oxygens (including phenoxy) is 1. The van der Waals surface area contributed by atoms with E-state index in [9.17, 15) is 0 Å². The molecule has 0 saturated carbocycles. The number of nitrogens with one attached hydrogen (secondary N) is 1. The van der Waals surface area contributed by atoms with Crippen molar-refractivity contribution in [3.8, 4) is 11.6 Å². The van der Waals surface area contributed by atoms with E-state index in [1.165, 1.54) is 5.56 Å². The van der Waals surface area contributed by atoms with E-state index in [1.807, 2.05) is 43.9 Å². The molecule has 2 rings (SSSR count). The average Bonchev–Trinajstić information content (AvgIpc) is 2.80. The van der Waals surface area contributed by atoms with Gasteiger partial charge in [-0.05, 0) is 26.5 Å². The van der Waals surface area contributed by atoms with E-state index in [0.717, 1.165) is 18.8 Å². The van der Waals surface area contributed by atoms with Crippen LogP contribution in [0.25, 0.3) is 0 Å². The maximum Gasteiger partial charge on any atom is 0.219 e. The first-order valence-corrected chi connectivity index (χ1v) is 6.04. The third-order valence-corrected chi connectivity index (χ3v) is 2.69. The fourth-order valence-electron chi connectivity index (χ4n) is 1.69. The maximum atomic E-state index is 5.66. The summed E-state index contributed by atoms with van der Waals surface area (Å²) in [5, 5.41) is 7.26. The number of pyridine rings is 1. The van der Waals surface area contributed by atoms with Crippen molar-refractivity contribution in [2.45, 2.75) is 26.9 Å². The second-order valence-electron chi connectivity index (χ2n) is 4.06. The Bertz CT molecular complexity index is 521. The fraction of sp³-hybridized carbons (Fsp3) is 0.385. The molecule has 0 unspecified atom stereocenters. The van der Waals surface area contributed by atoms with Gasteiger partial charge in [-0.15, -0.1) is 0 Å². The summed E-state index contributed by atoms with van der Waals surface area (Å²) < 4.78 is 7.48. The lowest BCUT2D eigenvalue weighted by Gasteiger charge is -2.07. The maximum absolute atomic E-state index is 5.66. The van der Waals surface area contributed by atoms with Crippen LogP contribution in [0, 0.1) is 6.92 Å². The van der Waals surface area contributed by atoms with Crippen molar-refractivity contribution in [1.29, 1.82) is 0 Å². The molecule has 0 fully saturated rings. The molecule has 0 atom stereocenters. The van der Waals surface area contributed by atoms with Gasteiger partial charge in [0, 0.05) is 24.8 Å². The Morgan fingerprint density at radius 1 is 1.39 bits per heavy atom. The zero-order chi connectivity index (χ0) is 13.0. The lowest BCUT2D eigenvalue weighted by molar-refractivity contribution is 0.460. The Morgan fingerprint density at radius 3 is 2.83 bits per heavy atom. The fourth-order valence-corrected chi connectivity index (χ4v) is 1.69. The van der Waals surface area contributed by atoms with Gasteiger partial charge in [-0.3, -0.25) is 4.68 Å². The summed E-state index contributed by atoms with van der Waals surface area (Å²) in [6.45, 7) is 5.66. The quantitative estimate of drug-likeness (QED) is 0.878. The molecule has 1 N–H and O–H groups in total. The number of aromatic nitrogens is 3. The predicted molar refractivity (Wildman–Crippen MR) is 69.7 cm³/mol. The van der Waals surface area contributed by atoms with Crippen LogP contribution in [0.1, 0.15) is 18.2 Å². The van der Waals surface area contributed by atoms with Crippen LogP contribution in [-0.4, -0.2) is 21.8 Å². The Labute approximate surface area is 107 Å². The van der Waals surface area contributed by atoms with E-state index in [0.29, 0.717) is 11.6 Å². The Balaban J connectivity index is 2.12. The molecular weight excluding hydrogens is 228 g/mol. The van der Waals surface area contributed by atoms with Gasteiger partial charge < -0.3 is 10.1 Å². The third-order valence-electron chi connectivity index (χ3n) is 2.69. The van der Waals surface area contributed by atoms with E-state index >= 15 is 0 Å². The van der Waals surface area contributed by atoms with E-state index in [4.69, 9.17) is 4.74 Å². The van der Waals surface area contributed by atoms with Crippen LogP contribution < -0.4 is 10.1 Å². The van der Waals surface area contributed by atoms with Crippen LogP contribution in [0.2, 0.25) is 0 Å². The molecule has 2 aromatic heterocycles. The normalized spacial score (nSPS) is 10.6. The molecule has 0 aliphatic heterocycles. The lowest BCUT2D eigenvalue weighted by atomic mass is 10.2. The smallest absolute Gasteiger partial charge is 0.219 e. The first kappa shape index (κ1) is 12.6. The highest BCUT2D eigenvalue weighted by Crippen LogP contribution is 2.20.